The summed E-state index contributed by atoms with van der Waals surface area (Å²) in [7, 11) is 0. The summed E-state index contributed by atoms with van der Waals surface area (Å²) in [6.07, 6.45) is 4.57. The van der Waals surface area contributed by atoms with Crippen LogP contribution in [0.2, 0.25) is 0 Å². The molecule has 0 spiro atoms. The first-order valence-electron chi connectivity index (χ1n) is 8.67. The highest BCUT2D eigenvalue weighted by atomic mass is 16.4. The molecule has 0 aromatic carbocycles. The summed E-state index contributed by atoms with van der Waals surface area (Å²) in [5, 5.41) is 16.6. The molecule has 1 N–H and O–H groups in total. The zero-order valence-corrected chi connectivity index (χ0v) is 14.0. The van der Waals surface area contributed by atoms with Crippen LogP contribution < -0.4 is 4.90 Å². The van der Waals surface area contributed by atoms with Gasteiger partial charge in [0.25, 0.3) is 0 Å². The Hall–Kier alpha value is -2.18. The van der Waals surface area contributed by atoms with Gasteiger partial charge in [-0.2, -0.15) is 0 Å². The topological polar surface area (TPSA) is 86.6 Å². The lowest BCUT2D eigenvalue weighted by Crippen LogP contribution is -2.51. The highest BCUT2D eigenvalue weighted by Crippen LogP contribution is 2.31. The number of anilines is 1. The number of aromatic nitrogens is 2. The lowest BCUT2D eigenvalue weighted by atomic mass is 9.79. The lowest BCUT2D eigenvalue weighted by molar-refractivity contribution is -0.138. The molecule has 1 aliphatic carbocycles. The fourth-order valence-corrected chi connectivity index (χ4v) is 3.68. The first-order valence-corrected chi connectivity index (χ1v) is 8.67. The molecule has 1 saturated carbocycles. The molecule has 7 nitrogen and oxygen atoms in total. The van der Waals surface area contributed by atoms with Crippen molar-refractivity contribution in [2.75, 3.05) is 31.1 Å². The molecule has 3 rings (SSSR count). The number of carbonyl (C=O) groups is 2. The van der Waals surface area contributed by atoms with E-state index in [4.69, 9.17) is 5.11 Å². The monoisotopic (exact) mass is 332 g/mol. The second-order valence-corrected chi connectivity index (χ2v) is 6.76. The molecule has 1 aromatic rings. The minimum absolute atomic E-state index is 0.0566. The third-order valence-electron chi connectivity index (χ3n) is 5.21. The van der Waals surface area contributed by atoms with Crippen molar-refractivity contribution in [2.24, 2.45) is 11.8 Å². The molecule has 2 atom stereocenters. The Bertz CT molecular complexity index is 596. The number of aromatic carboxylic acids is 1. The van der Waals surface area contributed by atoms with Gasteiger partial charge in [0.1, 0.15) is 0 Å². The number of nitrogens with zero attached hydrogens (tertiary/aromatic N) is 4. The van der Waals surface area contributed by atoms with E-state index < -0.39 is 5.97 Å². The third kappa shape index (κ3) is 3.49. The van der Waals surface area contributed by atoms with Crippen molar-refractivity contribution in [3.05, 3.63) is 17.8 Å². The van der Waals surface area contributed by atoms with Crippen LogP contribution in [-0.2, 0) is 4.79 Å². The molecular weight excluding hydrogens is 308 g/mol. The summed E-state index contributed by atoms with van der Waals surface area (Å²) in [5.74, 6) is 0.553. The molecule has 1 saturated heterocycles. The fraction of sp³-hybridized carbons (Fsp3) is 0.647. The molecule has 130 valence electrons. The molecule has 2 aliphatic rings. The van der Waals surface area contributed by atoms with E-state index in [0.717, 1.165) is 19.3 Å². The van der Waals surface area contributed by atoms with Gasteiger partial charge in [0.2, 0.25) is 5.91 Å². The number of piperazine rings is 1. The van der Waals surface area contributed by atoms with E-state index in [-0.39, 0.29) is 11.6 Å². The van der Waals surface area contributed by atoms with Gasteiger partial charge in [0, 0.05) is 32.1 Å². The van der Waals surface area contributed by atoms with Gasteiger partial charge in [0.15, 0.2) is 11.5 Å². The average molecular weight is 332 g/mol. The smallest absolute Gasteiger partial charge is 0.356 e. The highest BCUT2D eigenvalue weighted by molar-refractivity contribution is 5.85. The van der Waals surface area contributed by atoms with E-state index >= 15 is 0 Å². The summed E-state index contributed by atoms with van der Waals surface area (Å²) >= 11 is 0. The first-order chi connectivity index (χ1) is 11.6. The minimum Gasteiger partial charge on any atom is -0.476 e. The van der Waals surface area contributed by atoms with Crippen molar-refractivity contribution in [3.8, 4) is 0 Å². The van der Waals surface area contributed by atoms with Gasteiger partial charge in [-0.1, -0.05) is 19.8 Å². The van der Waals surface area contributed by atoms with Crippen LogP contribution in [0.25, 0.3) is 0 Å². The van der Waals surface area contributed by atoms with Crippen LogP contribution in [0.5, 0.6) is 0 Å². The zero-order valence-electron chi connectivity index (χ0n) is 14.0. The van der Waals surface area contributed by atoms with E-state index in [2.05, 4.69) is 17.1 Å². The average Bonchev–Trinajstić information content (AvgIpc) is 2.62. The normalized spacial score (nSPS) is 24.7. The Kier molecular flexibility index (Phi) is 4.97. The van der Waals surface area contributed by atoms with Gasteiger partial charge in [-0.25, -0.2) is 4.79 Å². The second-order valence-electron chi connectivity index (χ2n) is 6.76. The molecule has 0 radical (unpaired) electrons. The Morgan fingerprint density at radius 1 is 1.08 bits per heavy atom. The number of hydrogen-bond acceptors (Lipinski definition) is 5. The molecule has 7 heteroatoms. The SMILES string of the molecule is CC1CCCCC1C(=O)N1CCN(c2ccc(C(=O)O)nn2)CC1. The maximum atomic E-state index is 12.7. The molecule has 2 fully saturated rings. The maximum Gasteiger partial charge on any atom is 0.356 e. The van der Waals surface area contributed by atoms with Gasteiger partial charge in [-0.15, -0.1) is 10.2 Å². The molecule has 1 aliphatic heterocycles. The summed E-state index contributed by atoms with van der Waals surface area (Å²) in [6, 6.07) is 3.14. The van der Waals surface area contributed by atoms with Crippen LogP contribution >= 0.6 is 0 Å². The number of hydrogen-bond donors (Lipinski definition) is 1. The second kappa shape index (κ2) is 7.15. The predicted molar refractivity (Wildman–Crippen MR) is 88.9 cm³/mol. The standard InChI is InChI=1S/C17H24N4O3/c1-12-4-2-3-5-13(12)16(22)21-10-8-20(9-11-21)15-7-6-14(17(23)24)18-19-15/h6-7,12-13H,2-5,8-11H2,1H3,(H,23,24). The van der Waals surface area contributed by atoms with E-state index in [1.54, 1.807) is 6.07 Å². The molecule has 1 aromatic heterocycles. The van der Waals surface area contributed by atoms with Crippen LogP contribution in [0.1, 0.15) is 43.1 Å². The van der Waals surface area contributed by atoms with E-state index in [0.29, 0.717) is 43.8 Å². The van der Waals surface area contributed by atoms with Crippen molar-refractivity contribution in [3.63, 3.8) is 0 Å². The van der Waals surface area contributed by atoms with Crippen LogP contribution in [0.15, 0.2) is 12.1 Å². The molecule has 1 amide bonds. The van der Waals surface area contributed by atoms with Gasteiger partial charge >= 0.3 is 5.97 Å². The first kappa shape index (κ1) is 16.7. The third-order valence-corrected chi connectivity index (χ3v) is 5.21. The lowest BCUT2D eigenvalue weighted by Gasteiger charge is -2.38. The maximum absolute atomic E-state index is 12.7. The van der Waals surface area contributed by atoms with Gasteiger partial charge in [-0.3, -0.25) is 4.79 Å². The van der Waals surface area contributed by atoms with Gasteiger partial charge < -0.3 is 14.9 Å². The number of carbonyl (C=O) groups excluding carboxylic acids is 1. The molecule has 2 heterocycles. The summed E-state index contributed by atoms with van der Waals surface area (Å²) in [4.78, 5) is 27.6. The predicted octanol–water partition coefficient (Wildman–Crippen LogP) is 1.65. The minimum atomic E-state index is -1.08. The number of rotatable bonds is 3. The largest absolute Gasteiger partial charge is 0.476 e. The van der Waals surface area contributed by atoms with E-state index in [1.807, 2.05) is 9.80 Å². The van der Waals surface area contributed by atoms with Crippen molar-refractivity contribution in [1.29, 1.82) is 0 Å². The van der Waals surface area contributed by atoms with Crippen molar-refractivity contribution >= 4 is 17.7 Å². The summed E-state index contributed by atoms with van der Waals surface area (Å²) in [5.41, 5.74) is -0.0566. The van der Waals surface area contributed by atoms with Crippen LogP contribution in [0.3, 0.4) is 0 Å². The van der Waals surface area contributed by atoms with E-state index in [1.165, 1.54) is 12.5 Å². The van der Waals surface area contributed by atoms with Gasteiger partial charge in [-0.05, 0) is 30.9 Å². The van der Waals surface area contributed by atoms with E-state index in [9.17, 15) is 9.59 Å². The Labute approximate surface area is 141 Å². The number of amides is 1. The zero-order chi connectivity index (χ0) is 17.1. The Morgan fingerprint density at radius 3 is 2.38 bits per heavy atom. The van der Waals surface area contributed by atoms with Gasteiger partial charge in [0.05, 0.1) is 0 Å². The number of carboxylic acids is 1. The summed E-state index contributed by atoms with van der Waals surface area (Å²) < 4.78 is 0. The number of carboxylic acid groups (broad SMARTS) is 1. The van der Waals surface area contributed by atoms with Crippen LogP contribution in [-0.4, -0.2) is 58.3 Å². The Morgan fingerprint density at radius 2 is 1.79 bits per heavy atom. The van der Waals surface area contributed by atoms with Crippen molar-refractivity contribution in [1.82, 2.24) is 15.1 Å². The molecular formula is C17H24N4O3. The quantitative estimate of drug-likeness (QED) is 0.906. The van der Waals surface area contributed by atoms with Crippen LogP contribution in [0, 0.1) is 11.8 Å². The van der Waals surface area contributed by atoms with Crippen molar-refractivity contribution < 1.29 is 14.7 Å². The van der Waals surface area contributed by atoms with Crippen molar-refractivity contribution in [2.45, 2.75) is 32.6 Å². The highest BCUT2D eigenvalue weighted by Gasteiger charge is 2.32. The molecule has 2 unspecified atom stereocenters. The molecule has 0 bridgehead atoms. The fourth-order valence-electron chi connectivity index (χ4n) is 3.68. The summed E-state index contributed by atoms with van der Waals surface area (Å²) in [6.45, 7) is 4.97. The van der Waals surface area contributed by atoms with Crippen LogP contribution in [0.4, 0.5) is 5.82 Å². The molecule has 24 heavy (non-hydrogen) atoms. The Balaban J connectivity index is 1.57.